The van der Waals surface area contributed by atoms with E-state index in [1.54, 1.807) is 0 Å². The van der Waals surface area contributed by atoms with Gasteiger partial charge in [-0.05, 0) is 13.0 Å². The third-order valence-electron chi connectivity index (χ3n) is 0.432. The van der Waals surface area contributed by atoms with E-state index in [4.69, 9.17) is 6.57 Å². The Hall–Kier alpha value is -0.770. The van der Waals surface area contributed by atoms with Crippen molar-refractivity contribution in [2.24, 2.45) is 0 Å². The van der Waals surface area contributed by atoms with Crippen LogP contribution in [-0.4, -0.2) is 6.54 Å². The molecule has 0 aromatic carbocycles. The van der Waals surface area contributed by atoms with Crippen molar-refractivity contribution in [3.63, 3.8) is 0 Å². The first kappa shape index (κ1) is 5.23. The van der Waals surface area contributed by atoms with Crippen LogP contribution in [0.25, 0.3) is 4.85 Å². The highest BCUT2D eigenvalue weighted by molar-refractivity contribution is 4.84. The predicted octanol–water partition coefficient (Wildman–Crippen LogP) is 1.48. The second-order valence-electron chi connectivity index (χ2n) is 0.910. The molecule has 0 saturated heterocycles. The molecule has 1 heteroatoms. The van der Waals surface area contributed by atoms with E-state index in [0.29, 0.717) is 6.54 Å². The van der Waals surface area contributed by atoms with Gasteiger partial charge in [-0.3, -0.25) is 0 Å². The van der Waals surface area contributed by atoms with Crippen LogP contribution in [0.3, 0.4) is 0 Å². The predicted molar refractivity (Wildman–Crippen MR) is 26.3 cm³/mol. The minimum atomic E-state index is 0.524. The summed E-state index contributed by atoms with van der Waals surface area (Å²) in [7, 11) is 0. The minimum Gasteiger partial charge on any atom is -0.312 e. The van der Waals surface area contributed by atoms with Crippen molar-refractivity contribution in [2.75, 3.05) is 6.54 Å². The molecule has 1 nitrogen and oxygen atoms in total. The maximum Gasteiger partial charge on any atom is 0.232 e. The number of rotatable bonds is 1. The van der Waals surface area contributed by atoms with E-state index in [1.807, 2.05) is 19.1 Å². The molecule has 0 saturated carbocycles. The van der Waals surface area contributed by atoms with Crippen molar-refractivity contribution in [3.05, 3.63) is 23.6 Å². The lowest BCUT2D eigenvalue weighted by Gasteiger charge is -1.63. The molecule has 0 rings (SSSR count). The van der Waals surface area contributed by atoms with Gasteiger partial charge in [-0.25, -0.2) is 6.57 Å². The normalized spacial score (nSPS) is 8.67. The highest BCUT2D eigenvalue weighted by Crippen LogP contribution is 1.69. The van der Waals surface area contributed by atoms with Crippen LogP contribution in [0.15, 0.2) is 12.2 Å². The van der Waals surface area contributed by atoms with Crippen molar-refractivity contribution < 1.29 is 0 Å². The first-order chi connectivity index (χ1) is 2.91. The highest BCUT2D eigenvalue weighted by Gasteiger charge is 1.64. The fourth-order valence-electron chi connectivity index (χ4n) is 0.158. The minimum absolute atomic E-state index is 0.524. The number of hydrogen-bond acceptors (Lipinski definition) is 0. The highest BCUT2D eigenvalue weighted by atomic mass is 14.6. The second-order valence-corrected chi connectivity index (χ2v) is 0.910. The summed E-state index contributed by atoms with van der Waals surface area (Å²) in [6.07, 6.45) is 3.70. The Kier molecular flexibility index (Phi) is 3.69. The maximum atomic E-state index is 6.28. The molecule has 0 unspecified atom stereocenters. The van der Waals surface area contributed by atoms with Gasteiger partial charge in [-0.1, -0.05) is 6.08 Å². The van der Waals surface area contributed by atoms with Crippen LogP contribution < -0.4 is 0 Å². The zero-order chi connectivity index (χ0) is 4.83. The lowest BCUT2D eigenvalue weighted by molar-refractivity contribution is 1.50. The fraction of sp³-hybridized carbons (Fsp3) is 0.400. The Morgan fingerprint density at radius 2 is 2.50 bits per heavy atom. The molecule has 0 aromatic rings. The molecule has 0 aromatic heterocycles. The van der Waals surface area contributed by atoms with Crippen LogP contribution >= 0.6 is 0 Å². The smallest absolute Gasteiger partial charge is 0.232 e. The van der Waals surface area contributed by atoms with E-state index in [9.17, 15) is 0 Å². The quantitative estimate of drug-likeness (QED) is 0.332. The van der Waals surface area contributed by atoms with Gasteiger partial charge in [0, 0.05) is 0 Å². The third kappa shape index (κ3) is 3.23. The standard InChI is InChI=1S/C5H7N/c1-3-4-5-6-2/h3-4H,5H2,1H3/b4-3+. The maximum absolute atomic E-state index is 6.28. The summed E-state index contributed by atoms with van der Waals surface area (Å²) in [5.41, 5.74) is 0. The SMILES string of the molecule is [C-]#[N+]C/C=C/C. The van der Waals surface area contributed by atoms with E-state index in [1.165, 1.54) is 0 Å². The van der Waals surface area contributed by atoms with E-state index in [0.717, 1.165) is 0 Å². The average Bonchev–Trinajstić information content (AvgIpc) is 1.61. The first-order valence-electron chi connectivity index (χ1n) is 1.86. The van der Waals surface area contributed by atoms with Gasteiger partial charge >= 0.3 is 0 Å². The molecule has 0 fully saturated rings. The van der Waals surface area contributed by atoms with Crippen LogP contribution in [0.1, 0.15) is 6.92 Å². The average molecular weight is 81.1 g/mol. The molecule has 0 aliphatic rings. The van der Waals surface area contributed by atoms with Gasteiger partial charge in [0.15, 0.2) is 0 Å². The summed E-state index contributed by atoms with van der Waals surface area (Å²) in [5.74, 6) is 0. The lowest BCUT2D eigenvalue weighted by Crippen LogP contribution is -1.58. The third-order valence-corrected chi connectivity index (χ3v) is 0.432. The van der Waals surface area contributed by atoms with E-state index in [2.05, 4.69) is 4.85 Å². The van der Waals surface area contributed by atoms with Gasteiger partial charge in [0.05, 0.1) is 0 Å². The molecule has 0 aliphatic carbocycles. The number of nitrogens with zero attached hydrogens (tertiary/aromatic N) is 1. The topological polar surface area (TPSA) is 4.36 Å². The molecule has 6 heavy (non-hydrogen) atoms. The van der Waals surface area contributed by atoms with E-state index >= 15 is 0 Å². The molecule has 0 atom stereocenters. The van der Waals surface area contributed by atoms with Gasteiger partial charge < -0.3 is 4.85 Å². The van der Waals surface area contributed by atoms with Crippen molar-refractivity contribution in [1.29, 1.82) is 0 Å². The van der Waals surface area contributed by atoms with Crippen LogP contribution in [0.5, 0.6) is 0 Å². The van der Waals surface area contributed by atoms with Crippen LogP contribution in [0, 0.1) is 6.57 Å². The first-order valence-corrected chi connectivity index (χ1v) is 1.86. The molecule has 0 radical (unpaired) electrons. The van der Waals surface area contributed by atoms with Gasteiger partial charge in [0.25, 0.3) is 0 Å². The van der Waals surface area contributed by atoms with E-state index in [-0.39, 0.29) is 0 Å². The van der Waals surface area contributed by atoms with Gasteiger partial charge in [-0.2, -0.15) is 0 Å². The van der Waals surface area contributed by atoms with Crippen molar-refractivity contribution in [3.8, 4) is 0 Å². The van der Waals surface area contributed by atoms with Gasteiger partial charge in [-0.15, -0.1) is 0 Å². The number of allylic oxidation sites excluding steroid dienone is 1. The summed E-state index contributed by atoms with van der Waals surface area (Å²) in [4.78, 5) is 3.09. The molecular formula is C5H7N. The lowest BCUT2D eigenvalue weighted by atomic mass is 10.5. The summed E-state index contributed by atoms with van der Waals surface area (Å²) in [6.45, 7) is 8.71. The zero-order valence-corrected chi connectivity index (χ0v) is 3.81. The van der Waals surface area contributed by atoms with Crippen LogP contribution in [-0.2, 0) is 0 Å². The molecular weight excluding hydrogens is 74.1 g/mol. The Morgan fingerprint density at radius 1 is 1.83 bits per heavy atom. The monoisotopic (exact) mass is 81.1 g/mol. The number of hydrogen-bond donors (Lipinski definition) is 0. The van der Waals surface area contributed by atoms with Crippen LogP contribution in [0.2, 0.25) is 0 Å². The van der Waals surface area contributed by atoms with Crippen molar-refractivity contribution in [1.82, 2.24) is 0 Å². The summed E-state index contributed by atoms with van der Waals surface area (Å²) in [5, 5.41) is 0. The fourth-order valence-corrected chi connectivity index (χ4v) is 0.158. The summed E-state index contributed by atoms with van der Waals surface area (Å²) < 4.78 is 0. The van der Waals surface area contributed by atoms with E-state index < -0.39 is 0 Å². The second kappa shape index (κ2) is 4.23. The largest absolute Gasteiger partial charge is 0.312 e. The molecule has 0 aliphatic heterocycles. The molecule has 0 heterocycles. The van der Waals surface area contributed by atoms with Gasteiger partial charge in [0.1, 0.15) is 0 Å². The molecule has 0 bridgehead atoms. The Morgan fingerprint density at radius 3 is 2.67 bits per heavy atom. The van der Waals surface area contributed by atoms with Crippen molar-refractivity contribution >= 4 is 0 Å². The molecule has 0 spiro atoms. The summed E-state index contributed by atoms with van der Waals surface area (Å²) in [6, 6.07) is 0. The molecule has 32 valence electrons. The molecule has 0 N–H and O–H groups in total. The summed E-state index contributed by atoms with van der Waals surface area (Å²) >= 11 is 0. The Labute approximate surface area is 38.1 Å². The molecule has 0 amide bonds. The zero-order valence-electron chi connectivity index (χ0n) is 3.81. The van der Waals surface area contributed by atoms with Crippen LogP contribution in [0.4, 0.5) is 0 Å². The van der Waals surface area contributed by atoms with Crippen molar-refractivity contribution in [2.45, 2.75) is 6.92 Å². The Balaban J connectivity index is 2.92. The van der Waals surface area contributed by atoms with Gasteiger partial charge in [0.2, 0.25) is 6.54 Å². The Bertz CT molecular complexity index is 76.4.